The summed E-state index contributed by atoms with van der Waals surface area (Å²) in [7, 11) is 2.10. The fraction of sp³-hybridized carbons (Fsp3) is 0.333. The predicted molar refractivity (Wildman–Crippen MR) is 128 cm³/mol. The molecule has 7 nitrogen and oxygen atoms in total. The molecule has 0 spiro atoms. The van der Waals surface area contributed by atoms with Crippen LogP contribution in [-0.2, 0) is 12.7 Å². The number of hydrogen-bond donors (Lipinski definition) is 0. The fourth-order valence-electron chi connectivity index (χ4n) is 4.16. The van der Waals surface area contributed by atoms with Crippen LogP contribution in [0.2, 0.25) is 5.02 Å². The Morgan fingerprint density at radius 2 is 1.63 bits per heavy atom. The number of halogens is 4. The van der Waals surface area contributed by atoms with Crippen molar-refractivity contribution in [3.63, 3.8) is 0 Å². The Hall–Kier alpha value is -3.08. The summed E-state index contributed by atoms with van der Waals surface area (Å²) in [4.78, 5) is 8.24. The first-order chi connectivity index (χ1) is 16.8. The average Bonchev–Trinajstić information content (AvgIpc) is 3.23. The molecule has 0 unspecified atom stereocenters. The highest BCUT2D eigenvalue weighted by Gasteiger charge is 2.32. The van der Waals surface area contributed by atoms with E-state index in [0.29, 0.717) is 39.6 Å². The van der Waals surface area contributed by atoms with E-state index in [1.807, 2.05) is 30.3 Å². The van der Waals surface area contributed by atoms with Gasteiger partial charge in [0.2, 0.25) is 0 Å². The molecule has 0 aliphatic carbocycles. The van der Waals surface area contributed by atoms with Gasteiger partial charge < -0.3 is 4.90 Å². The van der Waals surface area contributed by atoms with Crippen molar-refractivity contribution >= 4 is 22.6 Å². The lowest BCUT2D eigenvalue weighted by Crippen LogP contribution is -2.45. The minimum Gasteiger partial charge on any atom is -0.304 e. The summed E-state index contributed by atoms with van der Waals surface area (Å²) < 4.78 is 40.9. The Bertz CT molecular complexity index is 1320. The predicted octanol–water partition coefficient (Wildman–Crippen LogP) is 4.47. The van der Waals surface area contributed by atoms with Gasteiger partial charge in [-0.05, 0) is 19.2 Å². The number of piperazine rings is 1. The van der Waals surface area contributed by atoms with Gasteiger partial charge in [0, 0.05) is 50.0 Å². The van der Waals surface area contributed by atoms with Gasteiger partial charge in [0.25, 0.3) is 0 Å². The van der Waals surface area contributed by atoms with E-state index in [1.165, 1.54) is 12.3 Å². The maximum absolute atomic E-state index is 13.1. The van der Waals surface area contributed by atoms with E-state index in [9.17, 15) is 13.2 Å². The van der Waals surface area contributed by atoms with Crippen molar-refractivity contribution in [1.29, 1.82) is 0 Å². The second-order valence-corrected chi connectivity index (χ2v) is 8.95. The van der Waals surface area contributed by atoms with Gasteiger partial charge in [0.1, 0.15) is 17.1 Å². The van der Waals surface area contributed by atoms with Crippen molar-refractivity contribution < 1.29 is 13.2 Å². The number of fused-ring (bicyclic) bond motifs is 1. The van der Waals surface area contributed by atoms with Crippen LogP contribution in [0.5, 0.6) is 0 Å². The van der Waals surface area contributed by atoms with Gasteiger partial charge in [-0.15, -0.1) is 10.2 Å². The van der Waals surface area contributed by atoms with Gasteiger partial charge in [-0.1, -0.05) is 41.9 Å². The lowest BCUT2D eigenvalue weighted by atomic mass is 10.1. The van der Waals surface area contributed by atoms with Crippen LogP contribution in [-0.4, -0.2) is 74.5 Å². The summed E-state index contributed by atoms with van der Waals surface area (Å²) in [6.45, 7) is 5.20. The van der Waals surface area contributed by atoms with E-state index < -0.39 is 11.9 Å². The Morgan fingerprint density at radius 3 is 2.29 bits per heavy atom. The van der Waals surface area contributed by atoms with Crippen molar-refractivity contribution in [2.45, 2.75) is 12.7 Å². The molecule has 11 heteroatoms. The Labute approximate surface area is 205 Å². The lowest BCUT2D eigenvalue weighted by molar-refractivity contribution is -0.141. The van der Waals surface area contributed by atoms with Crippen LogP contribution in [0.3, 0.4) is 0 Å². The zero-order valence-corrected chi connectivity index (χ0v) is 19.8. The zero-order chi connectivity index (χ0) is 24.6. The Kier molecular flexibility index (Phi) is 6.43. The molecule has 0 bridgehead atoms. The van der Waals surface area contributed by atoms with E-state index in [0.717, 1.165) is 44.4 Å². The standard InChI is InChI=1S/C24H23ClF3N7/c1-33-9-11-34(12-10-33)13-14-35-23-19(20(25)22(30-31-23)16-5-3-2-4-6-16)21(32-35)17-7-8-18(29-15-17)24(26,27)28/h2-8,15H,9-14H2,1H3. The van der Waals surface area contributed by atoms with Crippen LogP contribution in [0.4, 0.5) is 13.2 Å². The number of benzene rings is 1. The maximum Gasteiger partial charge on any atom is 0.433 e. The molecule has 35 heavy (non-hydrogen) atoms. The summed E-state index contributed by atoms with van der Waals surface area (Å²) in [6, 6.07) is 11.7. The van der Waals surface area contributed by atoms with Gasteiger partial charge in [-0.3, -0.25) is 9.88 Å². The van der Waals surface area contributed by atoms with Crippen molar-refractivity contribution in [2.75, 3.05) is 39.8 Å². The van der Waals surface area contributed by atoms with Gasteiger partial charge in [0.05, 0.1) is 17.0 Å². The van der Waals surface area contributed by atoms with Crippen molar-refractivity contribution in [3.8, 4) is 22.5 Å². The Balaban J connectivity index is 1.57. The van der Waals surface area contributed by atoms with Crippen LogP contribution in [0.1, 0.15) is 5.69 Å². The van der Waals surface area contributed by atoms with Crippen molar-refractivity contribution in [2.24, 2.45) is 0 Å². The summed E-state index contributed by atoms with van der Waals surface area (Å²) in [5.74, 6) is 0. The largest absolute Gasteiger partial charge is 0.433 e. The van der Waals surface area contributed by atoms with Gasteiger partial charge in [-0.25, -0.2) is 4.68 Å². The molecule has 182 valence electrons. The topological polar surface area (TPSA) is 63.0 Å². The summed E-state index contributed by atoms with van der Waals surface area (Å²) in [5.41, 5.74) is 1.65. The normalized spacial score (nSPS) is 15.7. The minimum absolute atomic E-state index is 0.349. The van der Waals surface area contributed by atoms with E-state index in [2.05, 4.69) is 32.0 Å². The van der Waals surface area contributed by atoms with Gasteiger partial charge in [-0.2, -0.15) is 18.3 Å². The molecular weight excluding hydrogens is 479 g/mol. The lowest BCUT2D eigenvalue weighted by Gasteiger charge is -2.32. The van der Waals surface area contributed by atoms with E-state index in [-0.39, 0.29) is 0 Å². The van der Waals surface area contributed by atoms with E-state index >= 15 is 0 Å². The molecule has 0 atom stereocenters. The molecule has 4 aromatic rings. The van der Waals surface area contributed by atoms with Crippen LogP contribution in [0.15, 0.2) is 48.7 Å². The molecule has 0 amide bonds. The van der Waals surface area contributed by atoms with Gasteiger partial charge >= 0.3 is 6.18 Å². The molecule has 4 heterocycles. The number of likely N-dealkylation sites (N-methyl/N-ethyl adjacent to an activating group) is 1. The third kappa shape index (κ3) is 4.86. The highest BCUT2D eigenvalue weighted by molar-refractivity contribution is 6.38. The molecule has 1 fully saturated rings. The third-order valence-electron chi connectivity index (χ3n) is 6.20. The minimum atomic E-state index is -4.52. The molecule has 0 radical (unpaired) electrons. The molecule has 1 aliphatic rings. The molecule has 0 saturated carbocycles. The SMILES string of the molecule is CN1CCN(CCn2nc(-c3ccc(C(F)(F)F)nc3)c3c(Cl)c(-c4ccccc4)nnc32)CC1. The number of nitrogens with zero attached hydrogens (tertiary/aromatic N) is 7. The monoisotopic (exact) mass is 501 g/mol. The number of alkyl halides is 3. The summed E-state index contributed by atoms with van der Waals surface area (Å²) in [6.07, 6.45) is -3.35. The zero-order valence-electron chi connectivity index (χ0n) is 19.0. The molecule has 3 aromatic heterocycles. The van der Waals surface area contributed by atoms with Crippen molar-refractivity contribution in [1.82, 2.24) is 34.8 Å². The highest BCUT2D eigenvalue weighted by Crippen LogP contribution is 2.37. The summed E-state index contributed by atoms with van der Waals surface area (Å²) >= 11 is 6.84. The van der Waals surface area contributed by atoms with Crippen LogP contribution < -0.4 is 0 Å². The van der Waals surface area contributed by atoms with Crippen LogP contribution in [0.25, 0.3) is 33.5 Å². The molecule has 1 aliphatic heterocycles. The molecular formula is C24H23ClF3N7. The number of hydrogen-bond acceptors (Lipinski definition) is 6. The van der Waals surface area contributed by atoms with Gasteiger partial charge in [0.15, 0.2) is 5.65 Å². The number of aromatic nitrogens is 5. The fourth-order valence-corrected chi connectivity index (χ4v) is 4.49. The number of rotatable bonds is 5. The first kappa shape index (κ1) is 23.7. The highest BCUT2D eigenvalue weighted by atomic mass is 35.5. The third-order valence-corrected chi connectivity index (χ3v) is 6.56. The molecule has 5 rings (SSSR count). The first-order valence-corrected chi connectivity index (χ1v) is 11.6. The average molecular weight is 502 g/mol. The summed E-state index contributed by atoms with van der Waals surface area (Å²) in [5, 5.41) is 14.4. The Morgan fingerprint density at radius 1 is 0.886 bits per heavy atom. The van der Waals surface area contributed by atoms with Crippen LogP contribution >= 0.6 is 11.6 Å². The molecule has 0 N–H and O–H groups in total. The number of pyridine rings is 1. The quantitative estimate of drug-likeness (QED) is 0.402. The smallest absolute Gasteiger partial charge is 0.304 e. The van der Waals surface area contributed by atoms with Crippen LogP contribution in [0, 0.1) is 0 Å². The van der Waals surface area contributed by atoms with E-state index in [4.69, 9.17) is 16.7 Å². The van der Waals surface area contributed by atoms with Crippen molar-refractivity contribution in [3.05, 3.63) is 59.4 Å². The molecule has 1 saturated heterocycles. The second-order valence-electron chi connectivity index (χ2n) is 8.57. The molecule has 1 aromatic carbocycles. The van der Waals surface area contributed by atoms with E-state index in [1.54, 1.807) is 4.68 Å². The maximum atomic E-state index is 13.1. The second kappa shape index (κ2) is 9.52. The first-order valence-electron chi connectivity index (χ1n) is 11.2.